The molecule has 0 aromatic rings. The summed E-state index contributed by atoms with van der Waals surface area (Å²) in [6.45, 7) is 2.01. The third-order valence-electron chi connectivity index (χ3n) is 3.81. The van der Waals surface area contributed by atoms with Gasteiger partial charge in [0.2, 0.25) is 0 Å². The Morgan fingerprint density at radius 3 is 2.32 bits per heavy atom. The second-order valence-electron chi connectivity index (χ2n) is 5.64. The van der Waals surface area contributed by atoms with Crippen LogP contribution in [0.2, 0.25) is 0 Å². The first kappa shape index (κ1) is 16.4. The number of hydrogen-bond acceptors (Lipinski definition) is 4. The maximum absolute atomic E-state index is 11.9. The molecule has 6 heteroatoms. The Morgan fingerprint density at radius 2 is 1.84 bits per heavy atom. The zero-order valence-corrected chi connectivity index (χ0v) is 12.3. The summed E-state index contributed by atoms with van der Waals surface area (Å²) >= 11 is 0. The minimum Gasteiger partial charge on any atom is -0.481 e. The van der Waals surface area contributed by atoms with Crippen molar-refractivity contribution in [2.75, 3.05) is 11.5 Å². The van der Waals surface area contributed by atoms with E-state index in [0.29, 0.717) is 19.3 Å². The monoisotopic (exact) mass is 292 g/mol. The first-order valence-electron chi connectivity index (χ1n) is 6.93. The molecule has 19 heavy (non-hydrogen) atoms. The van der Waals surface area contributed by atoms with Crippen LogP contribution in [0.25, 0.3) is 0 Å². The molecule has 0 unspecified atom stereocenters. The molecule has 1 fully saturated rings. The molecule has 0 heterocycles. The summed E-state index contributed by atoms with van der Waals surface area (Å²) in [5.74, 6) is -1.41. The van der Waals surface area contributed by atoms with Gasteiger partial charge in [0.1, 0.15) is 0 Å². The molecule has 1 saturated carbocycles. The van der Waals surface area contributed by atoms with Gasteiger partial charge in [0.05, 0.1) is 23.0 Å². The molecular weight excluding hydrogens is 268 g/mol. The molecule has 0 aliphatic heterocycles. The Bertz CT molecular complexity index is 393. The van der Waals surface area contributed by atoms with Crippen LogP contribution in [0.1, 0.15) is 51.9 Å². The highest BCUT2D eigenvalue weighted by Gasteiger charge is 2.38. The Hall–Kier alpha value is -0.620. The first-order chi connectivity index (χ1) is 8.78. The molecule has 0 amide bonds. The van der Waals surface area contributed by atoms with Gasteiger partial charge in [-0.3, -0.25) is 4.79 Å². The molecule has 0 radical (unpaired) electrons. The van der Waals surface area contributed by atoms with Crippen molar-refractivity contribution in [1.82, 2.24) is 0 Å². The predicted octanol–water partition coefficient (Wildman–Crippen LogP) is 1.60. The molecule has 0 aromatic carbocycles. The lowest BCUT2D eigenvalue weighted by atomic mass is 9.80. The van der Waals surface area contributed by atoms with E-state index in [1.54, 1.807) is 0 Å². The van der Waals surface area contributed by atoms with E-state index in [0.717, 1.165) is 12.8 Å². The van der Waals surface area contributed by atoms with Crippen LogP contribution < -0.4 is 0 Å². The van der Waals surface area contributed by atoms with E-state index < -0.39 is 27.3 Å². The largest absolute Gasteiger partial charge is 0.481 e. The summed E-state index contributed by atoms with van der Waals surface area (Å²) in [5.41, 5.74) is -1.23. The maximum atomic E-state index is 11.9. The molecule has 0 spiro atoms. The van der Waals surface area contributed by atoms with Crippen LogP contribution in [-0.4, -0.2) is 41.7 Å². The molecule has 0 aromatic heterocycles. The van der Waals surface area contributed by atoms with E-state index >= 15 is 0 Å². The van der Waals surface area contributed by atoms with E-state index in [4.69, 9.17) is 5.11 Å². The highest BCUT2D eigenvalue weighted by atomic mass is 32.2. The van der Waals surface area contributed by atoms with Gasteiger partial charge in [0.25, 0.3) is 0 Å². The molecular formula is C13H24O5S. The zero-order chi connectivity index (χ0) is 14.5. The minimum absolute atomic E-state index is 0.117. The summed E-state index contributed by atoms with van der Waals surface area (Å²) in [6.07, 6.45) is 3.70. The summed E-state index contributed by atoms with van der Waals surface area (Å²) in [7, 11) is -3.25. The van der Waals surface area contributed by atoms with Gasteiger partial charge in [-0.25, -0.2) is 8.42 Å². The number of carboxylic acids is 1. The van der Waals surface area contributed by atoms with Gasteiger partial charge in [-0.2, -0.15) is 0 Å². The van der Waals surface area contributed by atoms with E-state index in [1.165, 1.54) is 0 Å². The third kappa shape index (κ3) is 5.48. The first-order valence-corrected chi connectivity index (χ1v) is 8.76. The van der Waals surface area contributed by atoms with Gasteiger partial charge in [0.15, 0.2) is 9.84 Å². The summed E-state index contributed by atoms with van der Waals surface area (Å²) in [4.78, 5) is 10.8. The standard InChI is InChI=1S/C13H24O5S/c1-2-3-4-9-19(17,18)10-13(16)7-5-11(6-8-13)12(14)15/h11,16H,2-10H2,1H3,(H,14,15). The summed E-state index contributed by atoms with van der Waals surface area (Å²) < 4.78 is 23.8. The Morgan fingerprint density at radius 1 is 1.26 bits per heavy atom. The maximum Gasteiger partial charge on any atom is 0.306 e. The predicted molar refractivity (Wildman–Crippen MR) is 72.7 cm³/mol. The number of aliphatic carboxylic acids is 1. The van der Waals surface area contributed by atoms with Gasteiger partial charge < -0.3 is 10.2 Å². The van der Waals surface area contributed by atoms with E-state index in [-0.39, 0.29) is 24.3 Å². The smallest absolute Gasteiger partial charge is 0.306 e. The van der Waals surface area contributed by atoms with Crippen molar-refractivity contribution < 1.29 is 23.4 Å². The highest BCUT2D eigenvalue weighted by molar-refractivity contribution is 7.91. The SMILES string of the molecule is CCCCCS(=O)(=O)CC1(O)CCC(C(=O)O)CC1. The molecule has 0 atom stereocenters. The van der Waals surface area contributed by atoms with Crippen LogP contribution in [-0.2, 0) is 14.6 Å². The normalized spacial score (nSPS) is 28.2. The summed E-state index contributed by atoms with van der Waals surface area (Å²) in [5, 5.41) is 19.2. The molecule has 5 nitrogen and oxygen atoms in total. The summed E-state index contributed by atoms with van der Waals surface area (Å²) in [6, 6.07) is 0. The number of sulfone groups is 1. The lowest BCUT2D eigenvalue weighted by Crippen LogP contribution is -2.42. The lowest BCUT2D eigenvalue weighted by molar-refractivity contribution is -0.144. The fourth-order valence-corrected chi connectivity index (χ4v) is 4.50. The quantitative estimate of drug-likeness (QED) is 0.695. The number of unbranched alkanes of at least 4 members (excludes halogenated alkanes) is 2. The van der Waals surface area contributed by atoms with Crippen LogP contribution in [0.15, 0.2) is 0 Å². The van der Waals surface area contributed by atoms with E-state index in [2.05, 4.69) is 0 Å². The van der Waals surface area contributed by atoms with Gasteiger partial charge in [0, 0.05) is 0 Å². The van der Waals surface area contributed by atoms with Crippen molar-refractivity contribution in [1.29, 1.82) is 0 Å². The molecule has 1 aliphatic rings. The average Bonchev–Trinajstić information content (AvgIpc) is 2.28. The molecule has 112 valence electrons. The van der Waals surface area contributed by atoms with Crippen molar-refractivity contribution in [3.8, 4) is 0 Å². The van der Waals surface area contributed by atoms with Crippen LogP contribution in [0, 0.1) is 5.92 Å². The van der Waals surface area contributed by atoms with Gasteiger partial charge >= 0.3 is 5.97 Å². The van der Waals surface area contributed by atoms with Crippen molar-refractivity contribution in [2.24, 2.45) is 5.92 Å². The lowest BCUT2D eigenvalue weighted by Gasteiger charge is -2.34. The van der Waals surface area contributed by atoms with Gasteiger partial charge in [-0.15, -0.1) is 0 Å². The minimum atomic E-state index is -3.25. The fraction of sp³-hybridized carbons (Fsp3) is 0.923. The third-order valence-corrected chi connectivity index (χ3v) is 5.70. The number of rotatable bonds is 7. The number of hydrogen-bond donors (Lipinski definition) is 2. The van der Waals surface area contributed by atoms with Crippen LogP contribution in [0.3, 0.4) is 0 Å². The highest BCUT2D eigenvalue weighted by Crippen LogP contribution is 2.33. The van der Waals surface area contributed by atoms with E-state index in [1.807, 2.05) is 6.92 Å². The average molecular weight is 292 g/mol. The van der Waals surface area contributed by atoms with Crippen LogP contribution >= 0.6 is 0 Å². The number of carboxylic acid groups (broad SMARTS) is 1. The van der Waals surface area contributed by atoms with Crippen LogP contribution in [0.5, 0.6) is 0 Å². The number of carbonyl (C=O) groups is 1. The van der Waals surface area contributed by atoms with Crippen molar-refractivity contribution in [3.63, 3.8) is 0 Å². The van der Waals surface area contributed by atoms with Crippen LogP contribution in [0.4, 0.5) is 0 Å². The Balaban J connectivity index is 2.50. The Kier molecular flexibility index (Phi) is 5.80. The molecule has 1 aliphatic carbocycles. The van der Waals surface area contributed by atoms with E-state index in [9.17, 15) is 18.3 Å². The molecule has 0 bridgehead atoms. The van der Waals surface area contributed by atoms with Gasteiger partial charge in [-0.05, 0) is 32.1 Å². The second kappa shape index (κ2) is 6.70. The second-order valence-corrected chi connectivity index (χ2v) is 7.82. The van der Waals surface area contributed by atoms with Gasteiger partial charge in [-0.1, -0.05) is 19.8 Å². The van der Waals surface area contributed by atoms with Crippen molar-refractivity contribution >= 4 is 15.8 Å². The van der Waals surface area contributed by atoms with Crippen molar-refractivity contribution in [2.45, 2.75) is 57.5 Å². The number of aliphatic hydroxyl groups is 1. The molecule has 0 saturated heterocycles. The zero-order valence-electron chi connectivity index (χ0n) is 11.5. The van der Waals surface area contributed by atoms with Crippen molar-refractivity contribution in [3.05, 3.63) is 0 Å². The molecule has 1 rings (SSSR count). The Labute approximate surface area is 114 Å². The molecule has 2 N–H and O–H groups in total. The fourth-order valence-electron chi connectivity index (χ4n) is 2.60. The topological polar surface area (TPSA) is 91.7 Å².